The second-order valence-electron chi connectivity index (χ2n) is 7.84. The fourth-order valence-electron chi connectivity index (χ4n) is 3.87. The zero-order valence-electron chi connectivity index (χ0n) is 17.2. The smallest absolute Gasteiger partial charge is 0.191 e. The predicted octanol–water partition coefficient (Wildman–Crippen LogP) is 3.53. The van der Waals surface area contributed by atoms with Crippen LogP contribution >= 0.6 is 24.0 Å². The number of likely N-dealkylation sites (tertiary alicyclic amines) is 1. The van der Waals surface area contributed by atoms with E-state index in [2.05, 4.69) is 77.6 Å². The van der Waals surface area contributed by atoms with Gasteiger partial charge in [0, 0.05) is 55.9 Å². The minimum Gasteiger partial charge on any atom is -0.361 e. The highest BCUT2D eigenvalue weighted by Crippen LogP contribution is 2.21. The highest BCUT2D eigenvalue weighted by molar-refractivity contribution is 14.0. The number of rotatable bonds is 5. The minimum atomic E-state index is 0. The summed E-state index contributed by atoms with van der Waals surface area (Å²) in [6, 6.07) is 7.53. The first-order chi connectivity index (χ1) is 12.5. The molecule has 0 radical (unpaired) electrons. The van der Waals surface area contributed by atoms with Crippen LogP contribution in [0.25, 0.3) is 10.9 Å². The molecule has 2 heterocycles. The maximum absolute atomic E-state index is 4.42. The molecule has 1 aromatic heterocycles. The second kappa shape index (κ2) is 9.78. The van der Waals surface area contributed by atoms with Gasteiger partial charge in [-0.05, 0) is 44.2 Å². The zero-order valence-corrected chi connectivity index (χ0v) is 19.5. The number of nitrogens with zero attached hydrogens (tertiary/aromatic N) is 2. The molecule has 2 atom stereocenters. The van der Waals surface area contributed by atoms with Crippen LogP contribution in [0.5, 0.6) is 0 Å². The van der Waals surface area contributed by atoms with E-state index in [1.54, 1.807) is 0 Å². The van der Waals surface area contributed by atoms with Gasteiger partial charge in [-0.2, -0.15) is 0 Å². The third-order valence-electron chi connectivity index (χ3n) is 5.61. The lowest BCUT2D eigenvalue weighted by molar-refractivity contribution is 0.265. The third kappa shape index (κ3) is 5.16. The maximum atomic E-state index is 4.42. The topological polar surface area (TPSA) is 55.5 Å². The molecule has 3 rings (SSSR count). The van der Waals surface area contributed by atoms with E-state index in [4.69, 9.17) is 0 Å². The van der Waals surface area contributed by atoms with Gasteiger partial charge in [0.05, 0.1) is 0 Å². The fraction of sp³-hybridized carbons (Fsp3) is 0.571. The van der Waals surface area contributed by atoms with Crippen molar-refractivity contribution in [3.63, 3.8) is 0 Å². The summed E-state index contributed by atoms with van der Waals surface area (Å²) in [6.45, 7) is 12.1. The van der Waals surface area contributed by atoms with Gasteiger partial charge in [-0.1, -0.05) is 25.1 Å². The summed E-state index contributed by atoms with van der Waals surface area (Å²) >= 11 is 0. The first-order valence-corrected chi connectivity index (χ1v) is 9.76. The highest BCUT2D eigenvalue weighted by Gasteiger charge is 2.31. The Morgan fingerprint density at radius 1 is 1.33 bits per heavy atom. The Labute approximate surface area is 180 Å². The molecule has 0 aliphatic carbocycles. The average Bonchev–Trinajstić information content (AvgIpc) is 3.19. The molecule has 1 fully saturated rings. The lowest BCUT2D eigenvalue weighted by Crippen LogP contribution is -2.47. The fourth-order valence-corrected chi connectivity index (χ4v) is 3.87. The number of benzene rings is 1. The second-order valence-corrected chi connectivity index (χ2v) is 7.84. The molecular formula is C21H34IN5. The lowest BCUT2D eigenvalue weighted by atomic mass is 10.1. The summed E-state index contributed by atoms with van der Waals surface area (Å²) in [4.78, 5) is 10.4. The Balaban J connectivity index is 0.00000261. The van der Waals surface area contributed by atoms with Crippen LogP contribution in [0.1, 0.15) is 31.9 Å². The largest absolute Gasteiger partial charge is 0.361 e. The van der Waals surface area contributed by atoms with E-state index in [-0.39, 0.29) is 24.0 Å². The average molecular weight is 483 g/mol. The monoisotopic (exact) mass is 483 g/mol. The minimum absolute atomic E-state index is 0. The third-order valence-corrected chi connectivity index (χ3v) is 5.61. The molecule has 0 spiro atoms. The number of fused-ring (bicyclic) bond motifs is 1. The van der Waals surface area contributed by atoms with Gasteiger partial charge in [-0.15, -0.1) is 24.0 Å². The Bertz CT molecular complexity index is 767. The molecule has 0 bridgehead atoms. The number of guanidine groups is 1. The first-order valence-electron chi connectivity index (χ1n) is 9.76. The summed E-state index contributed by atoms with van der Waals surface area (Å²) in [5.41, 5.74) is 3.90. The van der Waals surface area contributed by atoms with Gasteiger partial charge < -0.3 is 15.6 Å². The standard InChI is InChI=1S/C21H33N5.HI/c1-14(2)26-12-16(4)19(13-26)25-21(22-5)23-10-9-17-11-24-20-15(3)7-6-8-18(17)20;/h6-8,11,14,16,19,24H,9-10,12-13H2,1-5H3,(H2,22,23,25);1H. The van der Waals surface area contributed by atoms with Gasteiger partial charge in [0.15, 0.2) is 5.96 Å². The number of H-pyrrole nitrogens is 1. The van der Waals surface area contributed by atoms with Crippen LogP contribution in [0.15, 0.2) is 29.4 Å². The van der Waals surface area contributed by atoms with E-state index < -0.39 is 0 Å². The number of para-hydroxylation sites is 1. The molecule has 1 aromatic carbocycles. The van der Waals surface area contributed by atoms with Crippen LogP contribution in [0.2, 0.25) is 0 Å². The maximum Gasteiger partial charge on any atom is 0.191 e. The summed E-state index contributed by atoms with van der Waals surface area (Å²) in [6.07, 6.45) is 3.11. The first kappa shape index (κ1) is 22.0. The normalized spacial score (nSPS) is 20.9. The Morgan fingerprint density at radius 3 is 2.78 bits per heavy atom. The van der Waals surface area contributed by atoms with Crippen molar-refractivity contribution in [3.05, 3.63) is 35.5 Å². The molecule has 27 heavy (non-hydrogen) atoms. The number of halogens is 1. The van der Waals surface area contributed by atoms with E-state index in [0.717, 1.165) is 32.0 Å². The number of nitrogens with one attached hydrogen (secondary N) is 3. The summed E-state index contributed by atoms with van der Waals surface area (Å²) in [5, 5.41) is 8.43. The Morgan fingerprint density at radius 2 is 2.11 bits per heavy atom. The molecule has 1 saturated heterocycles. The number of hydrogen-bond donors (Lipinski definition) is 3. The van der Waals surface area contributed by atoms with Gasteiger partial charge in [0.25, 0.3) is 0 Å². The molecular weight excluding hydrogens is 449 g/mol. The summed E-state index contributed by atoms with van der Waals surface area (Å²) < 4.78 is 0. The van der Waals surface area contributed by atoms with E-state index in [9.17, 15) is 0 Å². The number of aromatic amines is 1. The van der Waals surface area contributed by atoms with Crippen LogP contribution in [0.3, 0.4) is 0 Å². The molecule has 0 amide bonds. The van der Waals surface area contributed by atoms with Crippen LogP contribution in [0.4, 0.5) is 0 Å². The predicted molar refractivity (Wildman–Crippen MR) is 126 cm³/mol. The number of aromatic nitrogens is 1. The SMILES string of the molecule is CN=C(NCCc1c[nH]c2c(C)cccc12)NC1CN(C(C)C)CC1C.I. The van der Waals surface area contributed by atoms with Crippen molar-refractivity contribution in [2.45, 2.75) is 46.2 Å². The molecule has 1 aliphatic rings. The van der Waals surface area contributed by atoms with Crippen molar-refractivity contribution in [3.8, 4) is 0 Å². The highest BCUT2D eigenvalue weighted by atomic mass is 127. The van der Waals surface area contributed by atoms with Gasteiger partial charge >= 0.3 is 0 Å². The zero-order chi connectivity index (χ0) is 18.7. The number of hydrogen-bond acceptors (Lipinski definition) is 2. The van der Waals surface area contributed by atoms with Crippen LogP contribution < -0.4 is 10.6 Å². The quantitative estimate of drug-likeness (QED) is 0.347. The van der Waals surface area contributed by atoms with E-state index in [0.29, 0.717) is 18.0 Å². The van der Waals surface area contributed by atoms with E-state index in [1.807, 2.05) is 7.05 Å². The number of aliphatic imine (C=N–C) groups is 1. The molecule has 150 valence electrons. The molecule has 3 N–H and O–H groups in total. The van der Waals surface area contributed by atoms with E-state index >= 15 is 0 Å². The molecule has 2 aromatic rings. The summed E-state index contributed by atoms with van der Waals surface area (Å²) in [5.74, 6) is 1.54. The molecule has 2 unspecified atom stereocenters. The molecule has 0 saturated carbocycles. The van der Waals surface area contributed by atoms with Crippen molar-refractivity contribution < 1.29 is 0 Å². The lowest BCUT2D eigenvalue weighted by Gasteiger charge is -2.22. The Hall–Kier alpha value is -1.28. The van der Waals surface area contributed by atoms with Crippen molar-refractivity contribution in [1.29, 1.82) is 0 Å². The van der Waals surface area contributed by atoms with Crippen molar-refractivity contribution in [2.75, 3.05) is 26.7 Å². The van der Waals surface area contributed by atoms with Crippen molar-refractivity contribution >= 4 is 40.8 Å². The van der Waals surface area contributed by atoms with Crippen molar-refractivity contribution in [1.82, 2.24) is 20.5 Å². The molecule has 5 nitrogen and oxygen atoms in total. The van der Waals surface area contributed by atoms with E-state index in [1.165, 1.54) is 22.0 Å². The van der Waals surface area contributed by atoms with Gasteiger partial charge in [0.2, 0.25) is 0 Å². The van der Waals surface area contributed by atoms with Gasteiger partial charge in [0.1, 0.15) is 0 Å². The summed E-state index contributed by atoms with van der Waals surface area (Å²) in [7, 11) is 1.85. The van der Waals surface area contributed by atoms with Gasteiger partial charge in [-0.25, -0.2) is 0 Å². The molecule has 1 aliphatic heterocycles. The van der Waals surface area contributed by atoms with Crippen LogP contribution in [-0.4, -0.2) is 54.6 Å². The number of aryl methyl sites for hydroxylation is 1. The van der Waals surface area contributed by atoms with Crippen LogP contribution in [-0.2, 0) is 6.42 Å². The molecule has 6 heteroatoms. The Kier molecular flexibility index (Phi) is 7.97. The van der Waals surface area contributed by atoms with Crippen LogP contribution in [0, 0.1) is 12.8 Å². The van der Waals surface area contributed by atoms with Crippen molar-refractivity contribution in [2.24, 2.45) is 10.9 Å². The van der Waals surface area contributed by atoms with Gasteiger partial charge in [-0.3, -0.25) is 9.89 Å².